The highest BCUT2D eigenvalue weighted by Gasteiger charge is 1.98. The van der Waals surface area contributed by atoms with Gasteiger partial charge in [0.15, 0.2) is 9.54 Å². The van der Waals surface area contributed by atoms with Crippen LogP contribution in [0.15, 0.2) is 4.99 Å². The van der Waals surface area contributed by atoms with Gasteiger partial charge in [-0.25, -0.2) is 0 Å². The van der Waals surface area contributed by atoms with Crippen LogP contribution in [0.2, 0.25) is 0 Å². The van der Waals surface area contributed by atoms with Gasteiger partial charge >= 0.3 is 0 Å². The molecular formula is C7H12N4S2. The zero-order valence-corrected chi connectivity index (χ0v) is 9.74. The molecule has 4 nitrogen and oxygen atoms in total. The van der Waals surface area contributed by atoms with E-state index in [0.29, 0.717) is 9.54 Å². The summed E-state index contributed by atoms with van der Waals surface area (Å²) >= 11 is 10.4. The van der Waals surface area contributed by atoms with E-state index < -0.39 is 0 Å². The summed E-state index contributed by atoms with van der Waals surface area (Å²) in [4.78, 5) is 4.11. The van der Waals surface area contributed by atoms with Crippen LogP contribution in [0, 0.1) is 9.54 Å². The van der Waals surface area contributed by atoms with Gasteiger partial charge < -0.3 is 0 Å². The van der Waals surface area contributed by atoms with Crippen LogP contribution >= 0.6 is 24.4 Å². The first-order valence-corrected chi connectivity index (χ1v) is 4.58. The lowest BCUT2D eigenvalue weighted by Crippen LogP contribution is -2.32. The molecule has 0 amide bonds. The van der Waals surface area contributed by atoms with E-state index in [4.69, 9.17) is 24.4 Å². The third-order valence-electron chi connectivity index (χ3n) is 1.95. The van der Waals surface area contributed by atoms with E-state index in [2.05, 4.69) is 4.99 Å². The summed E-state index contributed by atoms with van der Waals surface area (Å²) in [6.45, 7) is 0. The first-order valence-electron chi connectivity index (χ1n) is 3.76. The van der Waals surface area contributed by atoms with Gasteiger partial charge in [-0.3, -0.25) is 18.7 Å². The molecule has 72 valence electrons. The van der Waals surface area contributed by atoms with Gasteiger partial charge in [-0.15, -0.1) is 0 Å². The van der Waals surface area contributed by atoms with Crippen LogP contribution in [0.3, 0.4) is 0 Å². The van der Waals surface area contributed by atoms with E-state index in [-0.39, 0.29) is 0 Å². The molecule has 1 aromatic rings. The Morgan fingerprint density at radius 1 is 0.923 bits per heavy atom. The molecule has 0 saturated carbocycles. The first kappa shape index (κ1) is 10.3. The summed E-state index contributed by atoms with van der Waals surface area (Å²) in [5, 5.41) is 0. The molecule has 0 saturated heterocycles. The van der Waals surface area contributed by atoms with Crippen molar-refractivity contribution in [2.45, 2.75) is 0 Å². The zero-order valence-electron chi connectivity index (χ0n) is 8.11. The van der Waals surface area contributed by atoms with E-state index >= 15 is 0 Å². The Labute approximate surface area is 86.8 Å². The summed E-state index contributed by atoms with van der Waals surface area (Å²) in [6, 6.07) is 0. The van der Waals surface area contributed by atoms with Gasteiger partial charge in [0.1, 0.15) is 0 Å². The molecule has 0 aliphatic heterocycles. The van der Waals surface area contributed by atoms with Gasteiger partial charge in [0, 0.05) is 28.2 Å². The summed E-state index contributed by atoms with van der Waals surface area (Å²) in [6.07, 6.45) is 0. The Kier molecular flexibility index (Phi) is 2.82. The van der Waals surface area contributed by atoms with Crippen LogP contribution in [-0.2, 0) is 21.1 Å². The highest BCUT2D eigenvalue weighted by Crippen LogP contribution is 1.88. The van der Waals surface area contributed by atoms with Gasteiger partial charge in [0.05, 0.1) is 0 Å². The molecule has 1 heterocycles. The molecule has 0 radical (unpaired) electrons. The largest absolute Gasteiger partial charge is 0.298 e. The first-order chi connectivity index (χ1) is 6.00. The molecule has 6 heteroatoms. The standard InChI is InChI=1S/C7H12N4S2/c1-8-5-9(2)6(12)11(4)7(13)10(5)3/h1-4H3. The maximum Gasteiger partial charge on any atom is 0.208 e. The molecule has 0 bridgehead atoms. The van der Waals surface area contributed by atoms with Crippen molar-refractivity contribution in [2.75, 3.05) is 7.05 Å². The van der Waals surface area contributed by atoms with Crippen molar-refractivity contribution < 1.29 is 0 Å². The molecule has 1 aromatic heterocycles. The molecule has 0 N–H and O–H groups in total. The molecule has 0 aromatic carbocycles. The maximum atomic E-state index is 5.18. The van der Waals surface area contributed by atoms with Crippen molar-refractivity contribution in [2.24, 2.45) is 26.1 Å². The van der Waals surface area contributed by atoms with Crippen LogP contribution in [0.4, 0.5) is 0 Å². The third-order valence-corrected chi connectivity index (χ3v) is 3.04. The molecule has 0 unspecified atom stereocenters. The Morgan fingerprint density at radius 3 is 1.62 bits per heavy atom. The Morgan fingerprint density at radius 2 is 1.31 bits per heavy atom. The number of aromatic nitrogens is 3. The molecule has 0 fully saturated rings. The van der Waals surface area contributed by atoms with Crippen LogP contribution in [0.1, 0.15) is 0 Å². The zero-order chi connectivity index (χ0) is 10.2. The minimum atomic E-state index is 0.670. The maximum absolute atomic E-state index is 5.18. The average Bonchev–Trinajstić information content (AvgIpc) is 2.13. The lowest BCUT2D eigenvalue weighted by molar-refractivity contribution is 0.572. The molecule has 13 heavy (non-hydrogen) atoms. The van der Waals surface area contributed by atoms with Crippen LogP contribution in [0.5, 0.6) is 0 Å². The SMILES string of the molecule is CN=c1n(C)c(=S)n(C)c(=S)n1C. The van der Waals surface area contributed by atoms with Gasteiger partial charge in [0.25, 0.3) is 0 Å². The molecule has 0 aliphatic carbocycles. The average molecular weight is 216 g/mol. The predicted molar refractivity (Wildman–Crippen MR) is 56.5 cm³/mol. The molecule has 0 aliphatic rings. The number of hydrogen-bond donors (Lipinski definition) is 0. The minimum absolute atomic E-state index is 0.670. The van der Waals surface area contributed by atoms with Crippen LogP contribution < -0.4 is 5.62 Å². The van der Waals surface area contributed by atoms with Crippen molar-refractivity contribution in [3.8, 4) is 0 Å². The van der Waals surface area contributed by atoms with Crippen LogP contribution in [-0.4, -0.2) is 20.7 Å². The normalized spacial score (nSPS) is 10.2. The number of rotatable bonds is 0. The number of hydrogen-bond acceptors (Lipinski definition) is 3. The lowest BCUT2D eigenvalue weighted by atomic mass is 10.8. The second-order valence-electron chi connectivity index (χ2n) is 2.77. The summed E-state index contributed by atoms with van der Waals surface area (Å²) in [5.41, 5.74) is 0.771. The van der Waals surface area contributed by atoms with Gasteiger partial charge in [-0.1, -0.05) is 0 Å². The molecule has 0 atom stereocenters. The van der Waals surface area contributed by atoms with E-state index in [9.17, 15) is 0 Å². The van der Waals surface area contributed by atoms with E-state index in [1.165, 1.54) is 0 Å². The fourth-order valence-corrected chi connectivity index (χ4v) is 1.62. The molecule has 0 spiro atoms. The predicted octanol–water partition coefficient (Wildman–Crippen LogP) is 0.692. The van der Waals surface area contributed by atoms with E-state index in [0.717, 1.165) is 5.62 Å². The Hall–Kier alpha value is -0.750. The fourth-order valence-electron chi connectivity index (χ4n) is 1.23. The van der Waals surface area contributed by atoms with Crippen molar-refractivity contribution in [3.05, 3.63) is 15.2 Å². The summed E-state index contributed by atoms with van der Waals surface area (Å²) in [5.74, 6) is 0. The van der Waals surface area contributed by atoms with Crippen molar-refractivity contribution in [3.63, 3.8) is 0 Å². The highest BCUT2D eigenvalue weighted by atomic mass is 32.1. The smallest absolute Gasteiger partial charge is 0.208 e. The Bertz CT molecular complexity index is 462. The van der Waals surface area contributed by atoms with Crippen LogP contribution in [0.25, 0.3) is 0 Å². The van der Waals surface area contributed by atoms with Crippen molar-refractivity contribution in [1.29, 1.82) is 0 Å². The van der Waals surface area contributed by atoms with Crippen molar-refractivity contribution in [1.82, 2.24) is 13.7 Å². The second-order valence-corrected chi connectivity index (χ2v) is 3.50. The fraction of sp³-hybridized carbons (Fsp3) is 0.571. The third kappa shape index (κ3) is 1.51. The minimum Gasteiger partial charge on any atom is -0.298 e. The quantitative estimate of drug-likeness (QED) is 0.597. The highest BCUT2D eigenvalue weighted by molar-refractivity contribution is 7.71. The lowest BCUT2D eigenvalue weighted by Gasteiger charge is -2.10. The monoisotopic (exact) mass is 216 g/mol. The molecular weight excluding hydrogens is 204 g/mol. The van der Waals surface area contributed by atoms with Gasteiger partial charge in [-0.2, -0.15) is 0 Å². The molecule has 1 rings (SSSR count). The topological polar surface area (TPSA) is 27.1 Å². The summed E-state index contributed by atoms with van der Waals surface area (Å²) in [7, 11) is 7.32. The van der Waals surface area contributed by atoms with Gasteiger partial charge in [0.2, 0.25) is 5.62 Å². The Balaban J connectivity index is 4.02. The second kappa shape index (κ2) is 3.55. The van der Waals surface area contributed by atoms with Crippen molar-refractivity contribution >= 4 is 24.4 Å². The van der Waals surface area contributed by atoms with E-state index in [1.54, 1.807) is 11.6 Å². The number of nitrogens with zero attached hydrogens (tertiary/aromatic N) is 4. The van der Waals surface area contributed by atoms with E-state index in [1.807, 2.05) is 30.3 Å². The summed E-state index contributed by atoms with van der Waals surface area (Å²) < 4.78 is 6.77. The van der Waals surface area contributed by atoms with Gasteiger partial charge in [-0.05, 0) is 24.4 Å².